The minimum absolute atomic E-state index is 0.251. The van der Waals surface area contributed by atoms with Crippen molar-refractivity contribution in [2.45, 2.75) is 20.8 Å². The van der Waals surface area contributed by atoms with E-state index in [0.29, 0.717) is 16.5 Å². The number of carbonyl (C=O) groups excluding carboxylic acids is 2. The largest absolute Gasteiger partial charge is 0.493 e. The molecule has 0 spiro atoms. The van der Waals surface area contributed by atoms with E-state index in [1.165, 1.54) is 13.2 Å². The summed E-state index contributed by atoms with van der Waals surface area (Å²) in [5.74, 6) is -0.279. The summed E-state index contributed by atoms with van der Waals surface area (Å²) in [5.41, 5.74) is 1.50. The van der Waals surface area contributed by atoms with Gasteiger partial charge in [0.25, 0.3) is 0 Å². The maximum absolute atomic E-state index is 12.0. The first-order valence-electron chi connectivity index (χ1n) is 7.61. The lowest BCUT2D eigenvalue weighted by Gasteiger charge is -2.16. The number of aryl methyl sites for hydroxylation is 1. The highest BCUT2D eigenvalue weighted by Crippen LogP contribution is 2.42. The summed E-state index contributed by atoms with van der Waals surface area (Å²) in [7, 11) is 1.44. The molecular formula is C20H20O5. The van der Waals surface area contributed by atoms with E-state index in [4.69, 9.17) is 14.2 Å². The number of carbonyl (C=O) groups is 2. The van der Waals surface area contributed by atoms with Crippen molar-refractivity contribution >= 4 is 22.7 Å². The van der Waals surface area contributed by atoms with Crippen LogP contribution in [0.4, 0.5) is 0 Å². The van der Waals surface area contributed by atoms with Gasteiger partial charge in [0, 0.05) is 28.0 Å². The molecule has 0 aliphatic heterocycles. The van der Waals surface area contributed by atoms with Gasteiger partial charge in [-0.2, -0.15) is 0 Å². The maximum Gasteiger partial charge on any atom is 0.338 e. The Hall–Kier alpha value is -3.08. The van der Waals surface area contributed by atoms with Crippen LogP contribution in [0.5, 0.6) is 17.2 Å². The van der Waals surface area contributed by atoms with Gasteiger partial charge in [0.05, 0.1) is 7.11 Å². The molecule has 0 N–H and O–H groups in total. The molecule has 0 heterocycles. The van der Waals surface area contributed by atoms with Crippen molar-refractivity contribution in [3.63, 3.8) is 0 Å². The smallest absolute Gasteiger partial charge is 0.338 e. The monoisotopic (exact) mass is 340 g/mol. The SMILES string of the molecule is C=C(C)C(=O)Oc1cc(OC)c(OC(=O)C(=C)C)c2ccc(C)cc12. The zero-order valence-corrected chi connectivity index (χ0v) is 14.8. The zero-order valence-electron chi connectivity index (χ0n) is 14.8. The number of hydrogen-bond donors (Lipinski definition) is 0. The molecule has 0 unspecified atom stereocenters. The lowest BCUT2D eigenvalue weighted by molar-refractivity contribution is -0.131. The number of hydrogen-bond acceptors (Lipinski definition) is 5. The Bertz CT molecular complexity index is 893. The first-order chi connectivity index (χ1) is 11.7. The second-order valence-electron chi connectivity index (χ2n) is 5.79. The third-order valence-electron chi connectivity index (χ3n) is 3.49. The zero-order chi connectivity index (χ0) is 18.7. The molecule has 0 fully saturated rings. The van der Waals surface area contributed by atoms with Gasteiger partial charge in [0.15, 0.2) is 11.5 Å². The van der Waals surface area contributed by atoms with Crippen molar-refractivity contribution < 1.29 is 23.8 Å². The molecule has 5 heteroatoms. The summed E-state index contributed by atoms with van der Waals surface area (Å²) >= 11 is 0. The summed E-state index contributed by atoms with van der Waals surface area (Å²) in [6.45, 7) is 12.2. The van der Waals surface area contributed by atoms with Gasteiger partial charge in [-0.1, -0.05) is 30.9 Å². The number of benzene rings is 2. The highest BCUT2D eigenvalue weighted by molar-refractivity contribution is 6.01. The Kier molecular flexibility index (Phi) is 5.27. The molecule has 2 rings (SSSR count). The van der Waals surface area contributed by atoms with E-state index in [1.54, 1.807) is 19.9 Å². The predicted molar refractivity (Wildman–Crippen MR) is 96.1 cm³/mol. The van der Waals surface area contributed by atoms with Crippen LogP contribution >= 0.6 is 0 Å². The number of ether oxygens (including phenoxy) is 3. The van der Waals surface area contributed by atoms with E-state index in [9.17, 15) is 9.59 Å². The normalized spacial score (nSPS) is 10.2. The van der Waals surface area contributed by atoms with E-state index in [-0.39, 0.29) is 22.6 Å². The fourth-order valence-electron chi connectivity index (χ4n) is 2.16. The molecule has 5 nitrogen and oxygen atoms in total. The summed E-state index contributed by atoms with van der Waals surface area (Å²) in [6.07, 6.45) is 0. The highest BCUT2D eigenvalue weighted by Gasteiger charge is 2.20. The average molecular weight is 340 g/mol. The van der Waals surface area contributed by atoms with Crippen molar-refractivity contribution in [1.29, 1.82) is 0 Å². The van der Waals surface area contributed by atoms with Crippen LogP contribution < -0.4 is 14.2 Å². The summed E-state index contributed by atoms with van der Waals surface area (Å²) < 4.78 is 16.2. The molecule has 0 atom stereocenters. The van der Waals surface area contributed by atoms with Crippen LogP contribution in [0.2, 0.25) is 0 Å². The van der Waals surface area contributed by atoms with Crippen molar-refractivity contribution in [2.24, 2.45) is 0 Å². The standard InChI is InChI=1S/C20H20O5/c1-11(2)19(21)24-16-10-17(23-6)18(25-20(22)12(3)4)14-8-7-13(5)9-15(14)16/h7-10H,1,3H2,2,4-6H3. The van der Waals surface area contributed by atoms with Crippen LogP contribution in [0.15, 0.2) is 48.6 Å². The number of esters is 2. The summed E-state index contributed by atoms with van der Waals surface area (Å²) in [5, 5.41) is 1.21. The molecule has 0 aliphatic rings. The fraction of sp³-hybridized carbons (Fsp3) is 0.200. The van der Waals surface area contributed by atoms with E-state index in [1.807, 2.05) is 19.1 Å². The molecule has 2 aromatic rings. The Morgan fingerprint density at radius 3 is 2.04 bits per heavy atom. The van der Waals surface area contributed by atoms with Gasteiger partial charge < -0.3 is 14.2 Å². The Labute approximate surface area is 146 Å². The molecule has 0 saturated heterocycles. The molecule has 25 heavy (non-hydrogen) atoms. The molecule has 2 aromatic carbocycles. The number of rotatable bonds is 5. The summed E-state index contributed by atoms with van der Waals surface area (Å²) in [4.78, 5) is 23.9. The lowest BCUT2D eigenvalue weighted by Crippen LogP contribution is -2.11. The van der Waals surface area contributed by atoms with Crippen molar-refractivity contribution in [2.75, 3.05) is 7.11 Å². The minimum Gasteiger partial charge on any atom is -0.493 e. The van der Waals surface area contributed by atoms with E-state index in [2.05, 4.69) is 13.2 Å². The molecular weight excluding hydrogens is 320 g/mol. The highest BCUT2D eigenvalue weighted by atomic mass is 16.6. The van der Waals surface area contributed by atoms with Gasteiger partial charge in [0.1, 0.15) is 5.75 Å². The van der Waals surface area contributed by atoms with Crippen LogP contribution in [0, 0.1) is 6.92 Å². The van der Waals surface area contributed by atoms with Crippen molar-refractivity contribution in [1.82, 2.24) is 0 Å². The van der Waals surface area contributed by atoms with Crippen LogP contribution in [0.25, 0.3) is 10.8 Å². The average Bonchev–Trinajstić information content (AvgIpc) is 2.56. The Morgan fingerprint density at radius 1 is 0.880 bits per heavy atom. The molecule has 0 bridgehead atoms. The first kappa shape index (κ1) is 18.3. The minimum atomic E-state index is -0.563. The Morgan fingerprint density at radius 2 is 1.48 bits per heavy atom. The molecule has 0 aromatic heterocycles. The number of fused-ring (bicyclic) bond motifs is 1. The predicted octanol–water partition coefficient (Wildman–Crippen LogP) is 4.12. The maximum atomic E-state index is 12.0. The van der Waals surface area contributed by atoms with E-state index in [0.717, 1.165) is 5.56 Å². The van der Waals surface area contributed by atoms with Gasteiger partial charge in [-0.15, -0.1) is 0 Å². The van der Waals surface area contributed by atoms with Gasteiger partial charge in [-0.3, -0.25) is 0 Å². The van der Waals surface area contributed by atoms with Crippen LogP contribution in [-0.2, 0) is 9.59 Å². The third-order valence-corrected chi connectivity index (χ3v) is 3.49. The molecule has 0 amide bonds. The second kappa shape index (κ2) is 7.21. The van der Waals surface area contributed by atoms with Crippen LogP contribution in [-0.4, -0.2) is 19.0 Å². The fourth-order valence-corrected chi connectivity index (χ4v) is 2.16. The van der Waals surface area contributed by atoms with Gasteiger partial charge >= 0.3 is 11.9 Å². The van der Waals surface area contributed by atoms with Gasteiger partial charge in [-0.05, 0) is 26.8 Å². The first-order valence-corrected chi connectivity index (χ1v) is 7.61. The molecule has 0 aliphatic carbocycles. The van der Waals surface area contributed by atoms with Crippen LogP contribution in [0.1, 0.15) is 19.4 Å². The Balaban J connectivity index is 2.70. The van der Waals surface area contributed by atoms with Gasteiger partial charge in [-0.25, -0.2) is 9.59 Å². The molecule has 0 saturated carbocycles. The van der Waals surface area contributed by atoms with E-state index < -0.39 is 11.9 Å². The second-order valence-corrected chi connectivity index (χ2v) is 5.79. The molecule has 130 valence electrons. The van der Waals surface area contributed by atoms with Gasteiger partial charge in [0.2, 0.25) is 0 Å². The number of methoxy groups -OCH3 is 1. The van der Waals surface area contributed by atoms with E-state index >= 15 is 0 Å². The van der Waals surface area contributed by atoms with Crippen molar-refractivity contribution in [3.05, 3.63) is 54.1 Å². The van der Waals surface area contributed by atoms with Crippen LogP contribution in [0.3, 0.4) is 0 Å². The summed E-state index contributed by atoms with van der Waals surface area (Å²) in [6, 6.07) is 7.01. The quantitative estimate of drug-likeness (QED) is 0.465. The molecule has 0 radical (unpaired) electrons. The topological polar surface area (TPSA) is 61.8 Å². The lowest BCUT2D eigenvalue weighted by atomic mass is 10.0. The third kappa shape index (κ3) is 3.88. The van der Waals surface area contributed by atoms with Crippen molar-refractivity contribution in [3.8, 4) is 17.2 Å².